The van der Waals surface area contributed by atoms with Gasteiger partial charge in [-0.15, -0.1) is 0 Å². The van der Waals surface area contributed by atoms with Gasteiger partial charge in [0.2, 0.25) is 0 Å². The Hall–Kier alpha value is -3.62. The third-order valence-electron chi connectivity index (χ3n) is 3.73. The van der Waals surface area contributed by atoms with Crippen molar-refractivity contribution in [1.82, 2.24) is 0 Å². The van der Waals surface area contributed by atoms with E-state index in [1.165, 1.54) is 19.2 Å². The highest BCUT2D eigenvalue weighted by atomic mass is 19.3. The highest BCUT2D eigenvalue weighted by Crippen LogP contribution is 2.29. The molecule has 0 fully saturated rings. The number of carbonyl (C=O) groups is 1. The van der Waals surface area contributed by atoms with Crippen LogP contribution in [0.15, 0.2) is 59.0 Å². The monoisotopic (exact) mass is 407 g/mol. The van der Waals surface area contributed by atoms with Gasteiger partial charge in [-0.2, -0.15) is 8.78 Å². The number of hydrogen-bond donors (Lipinski definition) is 1. The van der Waals surface area contributed by atoms with E-state index in [0.29, 0.717) is 17.3 Å². The van der Waals surface area contributed by atoms with E-state index in [9.17, 15) is 18.0 Å². The molecule has 1 heterocycles. The summed E-state index contributed by atoms with van der Waals surface area (Å²) >= 11 is 0. The van der Waals surface area contributed by atoms with Crippen molar-refractivity contribution in [3.05, 3.63) is 71.9 Å². The lowest BCUT2D eigenvalue weighted by Gasteiger charge is -2.11. The Kier molecular flexibility index (Phi) is 6.28. The number of furan rings is 1. The minimum absolute atomic E-state index is 0.0317. The minimum Gasteiger partial charge on any atom is -0.493 e. The average molecular weight is 407 g/mol. The average Bonchev–Trinajstić information content (AvgIpc) is 3.17. The topological polar surface area (TPSA) is 69.9 Å². The summed E-state index contributed by atoms with van der Waals surface area (Å²) in [6, 6.07) is 12.8. The summed E-state index contributed by atoms with van der Waals surface area (Å²) < 4.78 is 58.6. The number of para-hydroxylation sites is 2. The number of methoxy groups -OCH3 is 1. The molecule has 3 rings (SSSR count). The standard InChI is InChI=1S/C20H16F3NO5/c1-26-15-4-2-3-5-16(15)27-11-13-7-9-17(28-13)19(25)24-14-8-6-12(21)10-18(14)29-20(22)23/h2-10,20H,11H2,1H3,(H,24,25). The number of hydrogen-bond acceptors (Lipinski definition) is 5. The Labute approximate surface area is 163 Å². The molecule has 152 valence electrons. The van der Waals surface area contributed by atoms with Gasteiger partial charge in [-0.3, -0.25) is 4.79 Å². The van der Waals surface area contributed by atoms with Gasteiger partial charge in [0.1, 0.15) is 18.2 Å². The van der Waals surface area contributed by atoms with Crippen molar-refractivity contribution < 1.29 is 36.6 Å². The smallest absolute Gasteiger partial charge is 0.387 e. The minimum atomic E-state index is -3.17. The third-order valence-corrected chi connectivity index (χ3v) is 3.73. The summed E-state index contributed by atoms with van der Waals surface area (Å²) in [6.45, 7) is -3.14. The van der Waals surface area contributed by atoms with Crippen LogP contribution in [0.5, 0.6) is 17.2 Å². The van der Waals surface area contributed by atoms with Crippen LogP contribution in [-0.4, -0.2) is 19.6 Å². The van der Waals surface area contributed by atoms with Crippen molar-refractivity contribution in [2.75, 3.05) is 12.4 Å². The van der Waals surface area contributed by atoms with Gasteiger partial charge < -0.3 is 23.9 Å². The van der Waals surface area contributed by atoms with Crippen molar-refractivity contribution >= 4 is 11.6 Å². The number of nitrogens with one attached hydrogen (secondary N) is 1. The number of ether oxygens (including phenoxy) is 3. The van der Waals surface area contributed by atoms with E-state index in [4.69, 9.17) is 13.9 Å². The summed E-state index contributed by atoms with van der Waals surface area (Å²) in [5.74, 6) is -0.705. The molecule has 1 amide bonds. The Morgan fingerprint density at radius 3 is 2.55 bits per heavy atom. The van der Waals surface area contributed by atoms with Crippen LogP contribution < -0.4 is 19.5 Å². The Balaban J connectivity index is 1.67. The van der Waals surface area contributed by atoms with E-state index in [1.54, 1.807) is 24.3 Å². The maximum Gasteiger partial charge on any atom is 0.387 e. The van der Waals surface area contributed by atoms with Crippen LogP contribution >= 0.6 is 0 Å². The molecule has 1 aromatic heterocycles. The van der Waals surface area contributed by atoms with Gasteiger partial charge in [-0.05, 0) is 36.4 Å². The first kappa shape index (κ1) is 20.1. The molecule has 0 spiro atoms. The molecule has 0 radical (unpaired) electrons. The zero-order valence-electron chi connectivity index (χ0n) is 15.2. The van der Waals surface area contributed by atoms with E-state index in [0.717, 1.165) is 18.2 Å². The maximum atomic E-state index is 13.3. The van der Waals surface area contributed by atoms with E-state index in [1.807, 2.05) is 0 Å². The second-order valence-electron chi connectivity index (χ2n) is 5.68. The predicted octanol–water partition coefficient (Wildman–Crippen LogP) is 4.86. The Bertz CT molecular complexity index is 990. The molecule has 0 saturated heterocycles. The van der Waals surface area contributed by atoms with Crippen LogP contribution in [0.1, 0.15) is 16.3 Å². The van der Waals surface area contributed by atoms with E-state index < -0.39 is 24.1 Å². The molecule has 2 aromatic carbocycles. The molecule has 3 aromatic rings. The van der Waals surface area contributed by atoms with Crippen molar-refractivity contribution in [3.63, 3.8) is 0 Å². The second kappa shape index (κ2) is 9.05. The van der Waals surface area contributed by atoms with E-state index in [2.05, 4.69) is 10.1 Å². The SMILES string of the molecule is COc1ccccc1OCc1ccc(C(=O)Nc2ccc(F)cc2OC(F)F)o1. The molecule has 0 aliphatic rings. The van der Waals surface area contributed by atoms with Gasteiger partial charge in [0, 0.05) is 6.07 Å². The van der Waals surface area contributed by atoms with Gasteiger partial charge >= 0.3 is 6.61 Å². The van der Waals surface area contributed by atoms with Crippen LogP contribution in [0.4, 0.5) is 18.9 Å². The highest BCUT2D eigenvalue weighted by molar-refractivity contribution is 6.03. The van der Waals surface area contributed by atoms with E-state index >= 15 is 0 Å². The van der Waals surface area contributed by atoms with E-state index in [-0.39, 0.29) is 18.1 Å². The molecule has 0 unspecified atom stereocenters. The first-order valence-electron chi connectivity index (χ1n) is 8.36. The molecule has 0 aliphatic carbocycles. The summed E-state index contributed by atoms with van der Waals surface area (Å²) in [7, 11) is 1.51. The fraction of sp³-hybridized carbons (Fsp3) is 0.150. The number of halogens is 3. The van der Waals surface area contributed by atoms with Crippen LogP contribution in [-0.2, 0) is 6.61 Å². The van der Waals surface area contributed by atoms with Gasteiger partial charge in [0.15, 0.2) is 23.0 Å². The van der Waals surface area contributed by atoms with Crippen LogP contribution in [0.2, 0.25) is 0 Å². The van der Waals surface area contributed by atoms with Crippen molar-refractivity contribution in [3.8, 4) is 17.2 Å². The number of carbonyl (C=O) groups excluding carboxylic acids is 1. The normalized spacial score (nSPS) is 10.7. The Morgan fingerprint density at radius 2 is 1.83 bits per heavy atom. The molecule has 6 nitrogen and oxygen atoms in total. The lowest BCUT2D eigenvalue weighted by atomic mass is 10.2. The summed E-state index contributed by atoms with van der Waals surface area (Å²) in [4.78, 5) is 12.3. The zero-order valence-corrected chi connectivity index (χ0v) is 15.2. The third kappa shape index (κ3) is 5.22. The predicted molar refractivity (Wildman–Crippen MR) is 97.0 cm³/mol. The molecule has 0 atom stereocenters. The zero-order chi connectivity index (χ0) is 20.8. The van der Waals surface area contributed by atoms with Crippen molar-refractivity contribution in [1.29, 1.82) is 0 Å². The van der Waals surface area contributed by atoms with Crippen LogP contribution in [0.3, 0.4) is 0 Å². The number of benzene rings is 2. The van der Waals surface area contributed by atoms with Crippen LogP contribution in [0, 0.1) is 5.82 Å². The largest absolute Gasteiger partial charge is 0.493 e. The summed E-state index contributed by atoms with van der Waals surface area (Å²) in [5, 5.41) is 2.35. The number of rotatable bonds is 8. The molecule has 1 N–H and O–H groups in total. The van der Waals surface area contributed by atoms with Gasteiger partial charge in [-0.1, -0.05) is 12.1 Å². The Morgan fingerprint density at radius 1 is 1.07 bits per heavy atom. The van der Waals surface area contributed by atoms with Gasteiger partial charge in [0.25, 0.3) is 5.91 Å². The quantitative estimate of drug-likeness (QED) is 0.578. The number of alkyl halides is 2. The maximum absolute atomic E-state index is 13.3. The summed E-state index contributed by atoms with van der Waals surface area (Å²) in [5.41, 5.74) is -0.125. The molecular weight excluding hydrogens is 391 g/mol. The first-order valence-corrected chi connectivity index (χ1v) is 8.36. The molecule has 0 aliphatic heterocycles. The molecule has 0 saturated carbocycles. The number of anilines is 1. The second-order valence-corrected chi connectivity index (χ2v) is 5.68. The van der Waals surface area contributed by atoms with Crippen LogP contribution in [0.25, 0.3) is 0 Å². The lowest BCUT2D eigenvalue weighted by molar-refractivity contribution is -0.0495. The summed E-state index contributed by atoms with van der Waals surface area (Å²) in [6.07, 6.45) is 0. The fourth-order valence-corrected chi connectivity index (χ4v) is 2.44. The molecular formula is C20H16F3NO5. The van der Waals surface area contributed by atoms with Crippen molar-refractivity contribution in [2.24, 2.45) is 0 Å². The fourth-order valence-electron chi connectivity index (χ4n) is 2.44. The highest BCUT2D eigenvalue weighted by Gasteiger charge is 2.17. The lowest BCUT2D eigenvalue weighted by Crippen LogP contribution is -2.13. The van der Waals surface area contributed by atoms with Gasteiger partial charge in [-0.25, -0.2) is 4.39 Å². The molecule has 29 heavy (non-hydrogen) atoms. The van der Waals surface area contributed by atoms with Gasteiger partial charge in [0.05, 0.1) is 12.8 Å². The molecule has 9 heteroatoms. The van der Waals surface area contributed by atoms with Crippen molar-refractivity contribution in [2.45, 2.75) is 13.2 Å². The first-order chi connectivity index (χ1) is 14.0. The number of amides is 1. The molecule has 0 bridgehead atoms.